The highest BCUT2D eigenvalue weighted by molar-refractivity contribution is 8.76. The Morgan fingerprint density at radius 3 is 2.60 bits per heavy atom. The zero-order valence-corrected chi connectivity index (χ0v) is 35.4. The molecule has 3 saturated heterocycles. The first-order valence-corrected chi connectivity index (χ1v) is 24.2. The van der Waals surface area contributed by atoms with Gasteiger partial charge in [-0.1, -0.05) is 59.9 Å². The minimum atomic E-state index is -2.41. The number of allylic oxidation sites excluding steroid dienone is 3. The van der Waals surface area contributed by atoms with E-state index in [0.717, 1.165) is 43.4 Å². The summed E-state index contributed by atoms with van der Waals surface area (Å²) in [7, 11) is 2.90. The number of nitrogens with zero attached hydrogens (tertiary/aromatic N) is 1. The molecule has 0 aromatic heterocycles. The lowest BCUT2D eigenvalue weighted by Gasteiger charge is -2.55. The second-order valence-electron chi connectivity index (χ2n) is 18.0. The monoisotopic (exact) mass is 849 g/mol. The molecular weight excluding hydrogens is 785 g/mol. The first kappa shape index (κ1) is 44.6. The normalized spacial score (nSPS) is 43.8. The van der Waals surface area contributed by atoms with Gasteiger partial charge in [0, 0.05) is 37.1 Å². The van der Waals surface area contributed by atoms with E-state index in [2.05, 4.69) is 29.4 Å². The van der Waals surface area contributed by atoms with Gasteiger partial charge in [-0.3, -0.25) is 4.79 Å². The Morgan fingerprint density at radius 2 is 1.88 bits per heavy atom. The van der Waals surface area contributed by atoms with Gasteiger partial charge in [0.15, 0.2) is 36.1 Å². The molecule has 324 valence electrons. The molecule has 0 radical (unpaired) electrons. The van der Waals surface area contributed by atoms with Gasteiger partial charge in [-0.2, -0.15) is 0 Å². The van der Waals surface area contributed by atoms with Crippen LogP contribution in [0, 0.1) is 48.0 Å². The van der Waals surface area contributed by atoms with Crippen LogP contribution in [0.4, 0.5) is 0 Å². The number of hydrogen-bond donors (Lipinski definition) is 6. The number of rotatable bonds is 10. The Labute approximate surface area is 350 Å². The van der Waals surface area contributed by atoms with E-state index in [4.69, 9.17) is 18.9 Å². The number of aldehydes is 1. The van der Waals surface area contributed by atoms with E-state index < -0.39 is 47.9 Å². The van der Waals surface area contributed by atoms with E-state index in [1.807, 2.05) is 12.3 Å². The fourth-order valence-corrected chi connectivity index (χ4v) is 13.0. The van der Waals surface area contributed by atoms with Crippen molar-refractivity contribution >= 4 is 40.1 Å². The maximum absolute atomic E-state index is 13.3. The minimum Gasteiger partial charge on any atom is -0.479 e. The van der Waals surface area contributed by atoms with Crippen LogP contribution in [0.3, 0.4) is 0 Å². The average molecular weight is 850 g/mol. The summed E-state index contributed by atoms with van der Waals surface area (Å²) in [5.41, 5.74) is -3.64. The van der Waals surface area contributed by atoms with Crippen LogP contribution in [0.15, 0.2) is 28.8 Å². The molecule has 0 bridgehead atoms. The highest BCUT2D eigenvalue weighted by atomic mass is 33.1. The number of aliphatic hydroxyl groups is 4. The van der Waals surface area contributed by atoms with Crippen LogP contribution < -0.4 is 5.32 Å². The van der Waals surface area contributed by atoms with Crippen molar-refractivity contribution in [3.63, 3.8) is 0 Å². The van der Waals surface area contributed by atoms with Gasteiger partial charge in [-0.25, -0.2) is 4.79 Å². The van der Waals surface area contributed by atoms with Crippen molar-refractivity contribution in [2.45, 2.75) is 145 Å². The molecule has 0 aromatic rings. The SMILES string of the molecule is C[C@H](CC=CC1CCCCC1)[C@@H]1CNC[C@@]2(O)[C@H](OC3CCC4C(C3)OCC(C3CCC(O)CC3)C4O)O[C@H](C(=O)O)[C@@H](O)[C@]2(C=O)OCSSC[C@H]1C1=C[CH+]N=C1. The molecule has 13 atom stereocenters. The summed E-state index contributed by atoms with van der Waals surface area (Å²) in [6.07, 6.45) is 13.4. The number of carbonyl (C=O) groups excluding carboxylic acids is 1. The van der Waals surface area contributed by atoms with Crippen LogP contribution in [0.2, 0.25) is 0 Å². The Hall–Kier alpha value is -1.50. The molecule has 13 nitrogen and oxygen atoms in total. The van der Waals surface area contributed by atoms with Crippen LogP contribution in [0.1, 0.15) is 90.4 Å². The molecule has 0 spiro atoms. The quantitative estimate of drug-likeness (QED) is 0.0780. The van der Waals surface area contributed by atoms with E-state index in [9.17, 15) is 35.1 Å². The van der Waals surface area contributed by atoms with Crippen molar-refractivity contribution in [1.29, 1.82) is 0 Å². The van der Waals surface area contributed by atoms with Gasteiger partial charge in [-0.05, 0) is 81.5 Å². The third-order valence-electron chi connectivity index (χ3n) is 14.6. The molecule has 0 aromatic carbocycles. The van der Waals surface area contributed by atoms with E-state index >= 15 is 0 Å². The van der Waals surface area contributed by atoms with Crippen molar-refractivity contribution in [2.24, 2.45) is 46.4 Å². The fourth-order valence-electron chi connectivity index (χ4n) is 11.0. The molecule has 4 heterocycles. The molecule has 0 amide bonds. The number of aliphatic carboxylic acids is 1. The first-order valence-electron chi connectivity index (χ1n) is 21.7. The van der Waals surface area contributed by atoms with Gasteiger partial charge in [0.2, 0.25) is 0 Å². The second kappa shape index (κ2) is 20.1. The molecular formula is C43H65N2O11S2+. The summed E-state index contributed by atoms with van der Waals surface area (Å²) in [6.45, 7) is 4.59. The number of ether oxygens (including phenoxy) is 4. The number of aliphatic imine (C=N–C) groups is 1. The molecule has 3 aliphatic carbocycles. The third-order valence-corrected chi connectivity index (χ3v) is 16.7. The molecule has 6 fully saturated rings. The number of hydrogen-bond acceptors (Lipinski definition) is 14. The summed E-state index contributed by atoms with van der Waals surface area (Å²) in [5, 5.41) is 59.8. The van der Waals surface area contributed by atoms with Crippen LogP contribution in [0.25, 0.3) is 0 Å². The van der Waals surface area contributed by atoms with Gasteiger partial charge in [0.25, 0.3) is 0 Å². The van der Waals surface area contributed by atoms with Crippen molar-refractivity contribution < 1.29 is 54.1 Å². The third kappa shape index (κ3) is 9.60. The van der Waals surface area contributed by atoms with E-state index in [1.165, 1.54) is 42.9 Å². The highest BCUT2D eigenvalue weighted by Crippen LogP contribution is 2.47. The summed E-state index contributed by atoms with van der Waals surface area (Å²) >= 11 is 0. The van der Waals surface area contributed by atoms with Crippen LogP contribution in [0.5, 0.6) is 0 Å². The molecule has 5 unspecified atom stereocenters. The molecule has 6 N–H and O–H groups in total. The Morgan fingerprint density at radius 1 is 1.09 bits per heavy atom. The number of nitrogens with one attached hydrogen (secondary N) is 1. The lowest BCUT2D eigenvalue weighted by Crippen LogP contribution is -2.79. The number of carboxylic acid groups (broad SMARTS) is 1. The van der Waals surface area contributed by atoms with Crippen molar-refractivity contribution in [1.82, 2.24) is 5.32 Å². The van der Waals surface area contributed by atoms with E-state index in [0.29, 0.717) is 44.6 Å². The molecule has 58 heavy (non-hydrogen) atoms. The summed E-state index contributed by atoms with van der Waals surface area (Å²) in [4.78, 5) is 30.3. The predicted octanol–water partition coefficient (Wildman–Crippen LogP) is 4.46. The number of carboxylic acids is 1. The maximum atomic E-state index is 13.3. The Balaban J connectivity index is 1.10. The lowest BCUT2D eigenvalue weighted by atomic mass is 9.69. The number of β-amino-alcohol motifs (C(OH)–C–C–N with tert-alkyl or cyclic N) is 1. The minimum absolute atomic E-state index is 0.00969. The standard InChI is InChI=1S/C43H64N2O11S2/c1-26(6-5-9-27-7-3-2-4-8-27)33-20-45-23-42(52)41(55-31-14-15-32-36(18-31)53-21-34(37(32)48)28-10-12-30(47)13-11-28)56-38(40(50)51)39(49)43(42,24-46)54-25-58-57-22-35(33)29-16-17-44-19-29/h5,9,16-17,19,24,26-28,30-39,41,45,47-49,52H,2-4,6-8,10-15,18,20-23,25H2,1H3/p+1/t26-,28?,30?,31?,32?,33+,34?,35+,36?,37?,38+,39-,41-,42-,43+/m1/s1. The van der Waals surface area contributed by atoms with Crippen LogP contribution in [-0.2, 0) is 28.5 Å². The second-order valence-corrected chi connectivity index (χ2v) is 20.5. The number of fused-ring (bicyclic) bond motifs is 2. The molecule has 4 aliphatic heterocycles. The van der Waals surface area contributed by atoms with Crippen molar-refractivity contribution in [3.05, 3.63) is 30.3 Å². The predicted molar refractivity (Wildman–Crippen MR) is 222 cm³/mol. The summed E-state index contributed by atoms with van der Waals surface area (Å²) in [5.74, 6) is 0.274. The fraction of sp³-hybridized carbons (Fsp3) is 0.814. The molecule has 3 saturated carbocycles. The number of aliphatic hydroxyl groups excluding tert-OH is 3. The van der Waals surface area contributed by atoms with Crippen LogP contribution >= 0.6 is 21.6 Å². The van der Waals surface area contributed by atoms with Gasteiger partial charge in [-0.15, -0.1) is 4.99 Å². The smallest absolute Gasteiger partial charge is 0.335 e. The van der Waals surface area contributed by atoms with Gasteiger partial charge < -0.3 is 49.8 Å². The van der Waals surface area contributed by atoms with Gasteiger partial charge in [0.1, 0.15) is 24.2 Å². The summed E-state index contributed by atoms with van der Waals surface area (Å²) < 4.78 is 25.1. The summed E-state index contributed by atoms with van der Waals surface area (Å²) in [6, 6.07) is 0. The average Bonchev–Trinajstić information content (AvgIpc) is 3.76. The zero-order valence-electron chi connectivity index (χ0n) is 33.7. The lowest BCUT2D eigenvalue weighted by molar-refractivity contribution is -0.367. The molecule has 7 rings (SSSR count). The highest BCUT2D eigenvalue weighted by Gasteiger charge is 2.69. The van der Waals surface area contributed by atoms with Gasteiger partial charge >= 0.3 is 5.97 Å². The van der Waals surface area contributed by atoms with Crippen molar-refractivity contribution in [3.8, 4) is 0 Å². The first-order chi connectivity index (χ1) is 28.0. The topological polar surface area (TPSA) is 197 Å². The van der Waals surface area contributed by atoms with Crippen molar-refractivity contribution in [2.75, 3.05) is 31.4 Å². The van der Waals surface area contributed by atoms with E-state index in [-0.39, 0.29) is 60.2 Å². The van der Waals surface area contributed by atoms with Gasteiger partial charge in [0.05, 0.1) is 43.0 Å². The molecule has 7 aliphatic rings. The largest absolute Gasteiger partial charge is 0.479 e. The van der Waals surface area contributed by atoms with E-state index in [1.54, 1.807) is 17.3 Å². The Kier molecular flexibility index (Phi) is 15.5. The number of carbonyl (C=O) groups is 2. The molecule has 15 heteroatoms. The maximum Gasteiger partial charge on any atom is 0.335 e. The Bertz CT molecular complexity index is 1470. The van der Waals surface area contributed by atoms with Crippen LogP contribution in [-0.4, -0.2) is 130 Å². The zero-order chi connectivity index (χ0) is 40.9.